The van der Waals surface area contributed by atoms with Gasteiger partial charge in [0.25, 0.3) is 0 Å². The molecule has 0 radical (unpaired) electrons. The van der Waals surface area contributed by atoms with Crippen molar-refractivity contribution in [3.05, 3.63) is 70.2 Å². The number of ketones is 1. The zero-order valence-electron chi connectivity index (χ0n) is 13.4. The van der Waals surface area contributed by atoms with Crippen molar-refractivity contribution in [2.24, 2.45) is 0 Å². The molecule has 1 fully saturated rings. The van der Waals surface area contributed by atoms with E-state index in [0.717, 1.165) is 0 Å². The second kappa shape index (κ2) is 7.07. The number of hydrogen-bond acceptors (Lipinski definition) is 5. The molecule has 0 spiro atoms. The molecule has 128 valence electrons. The zero-order chi connectivity index (χ0) is 18.0. The van der Waals surface area contributed by atoms with Crippen molar-refractivity contribution in [1.82, 2.24) is 0 Å². The van der Waals surface area contributed by atoms with Crippen molar-refractivity contribution >= 4 is 29.3 Å². The fraction of sp³-hybridized carbons (Fsp3) is 0.211. The first-order valence-corrected chi connectivity index (χ1v) is 8.14. The number of halogens is 1. The van der Waals surface area contributed by atoms with Crippen LogP contribution in [0.1, 0.15) is 39.6 Å². The van der Waals surface area contributed by atoms with Crippen LogP contribution in [0.2, 0.25) is 5.02 Å². The maximum atomic E-state index is 12.7. The lowest BCUT2D eigenvalue weighted by atomic mass is 9.98. The monoisotopic (exact) mass is 358 g/mol. The number of esters is 2. The molecule has 0 saturated carbocycles. The van der Waals surface area contributed by atoms with E-state index < -0.39 is 18.0 Å². The third-order valence-corrected chi connectivity index (χ3v) is 4.13. The quantitative estimate of drug-likeness (QED) is 0.618. The van der Waals surface area contributed by atoms with E-state index >= 15 is 0 Å². The van der Waals surface area contributed by atoms with Gasteiger partial charge < -0.3 is 9.47 Å². The third kappa shape index (κ3) is 3.72. The highest BCUT2D eigenvalue weighted by Gasteiger charge is 2.35. The molecule has 5 nitrogen and oxygen atoms in total. The average molecular weight is 359 g/mol. The summed E-state index contributed by atoms with van der Waals surface area (Å²) in [6.45, 7) is 1.73. The SMILES string of the molecule is C[C@H]1C[C@@H](OC(=O)c2ccccc2C(=O)c2ccc(Cl)cc2)C(=O)O1. The fourth-order valence-corrected chi connectivity index (χ4v) is 2.75. The summed E-state index contributed by atoms with van der Waals surface area (Å²) in [5.74, 6) is -1.62. The summed E-state index contributed by atoms with van der Waals surface area (Å²) in [7, 11) is 0. The molecule has 1 aliphatic heterocycles. The molecule has 2 atom stereocenters. The van der Waals surface area contributed by atoms with Crippen LogP contribution in [-0.4, -0.2) is 29.9 Å². The van der Waals surface area contributed by atoms with Crippen molar-refractivity contribution in [3.63, 3.8) is 0 Å². The second-order valence-electron chi connectivity index (χ2n) is 5.76. The van der Waals surface area contributed by atoms with Gasteiger partial charge >= 0.3 is 11.9 Å². The van der Waals surface area contributed by atoms with Gasteiger partial charge in [0.05, 0.1) is 5.56 Å². The Hall–Kier alpha value is -2.66. The van der Waals surface area contributed by atoms with Crippen LogP contribution in [0, 0.1) is 0 Å². The maximum Gasteiger partial charge on any atom is 0.347 e. The largest absolute Gasteiger partial charge is 0.460 e. The predicted octanol–water partition coefficient (Wildman–Crippen LogP) is 3.43. The molecule has 0 amide bonds. The molecule has 0 aromatic heterocycles. The maximum absolute atomic E-state index is 12.7. The molecule has 0 aliphatic carbocycles. The van der Waals surface area contributed by atoms with Crippen molar-refractivity contribution < 1.29 is 23.9 Å². The molecule has 3 rings (SSSR count). The van der Waals surface area contributed by atoms with Gasteiger partial charge in [0, 0.05) is 22.6 Å². The molecule has 1 heterocycles. The summed E-state index contributed by atoms with van der Waals surface area (Å²) in [5.41, 5.74) is 0.711. The highest BCUT2D eigenvalue weighted by Crippen LogP contribution is 2.22. The number of carbonyl (C=O) groups excluding carboxylic acids is 3. The average Bonchev–Trinajstić information content (AvgIpc) is 2.92. The topological polar surface area (TPSA) is 69.7 Å². The Bertz CT molecular complexity index is 828. The van der Waals surface area contributed by atoms with Crippen LogP contribution in [0.4, 0.5) is 0 Å². The lowest BCUT2D eigenvalue weighted by Gasteiger charge is -2.11. The molecule has 25 heavy (non-hydrogen) atoms. The number of benzene rings is 2. The molecular formula is C19H15ClO5. The van der Waals surface area contributed by atoms with Gasteiger partial charge in [-0.2, -0.15) is 0 Å². The van der Waals surface area contributed by atoms with Gasteiger partial charge in [0.15, 0.2) is 5.78 Å². The van der Waals surface area contributed by atoms with E-state index in [0.29, 0.717) is 17.0 Å². The Labute approximate surface area is 149 Å². The smallest absolute Gasteiger partial charge is 0.347 e. The normalized spacial score (nSPS) is 19.4. The highest BCUT2D eigenvalue weighted by atomic mass is 35.5. The molecule has 2 aromatic rings. The first-order chi connectivity index (χ1) is 12.0. The van der Waals surface area contributed by atoms with Crippen LogP contribution in [0.15, 0.2) is 48.5 Å². The minimum atomic E-state index is -0.943. The van der Waals surface area contributed by atoms with E-state index in [9.17, 15) is 14.4 Å². The lowest BCUT2D eigenvalue weighted by molar-refractivity contribution is -0.147. The van der Waals surface area contributed by atoms with E-state index in [1.54, 1.807) is 49.4 Å². The van der Waals surface area contributed by atoms with Crippen LogP contribution >= 0.6 is 11.6 Å². The molecule has 0 bridgehead atoms. The van der Waals surface area contributed by atoms with Crippen LogP contribution in [-0.2, 0) is 14.3 Å². The minimum Gasteiger partial charge on any atom is -0.460 e. The summed E-state index contributed by atoms with van der Waals surface area (Å²) in [4.78, 5) is 36.8. The van der Waals surface area contributed by atoms with E-state index in [2.05, 4.69) is 0 Å². The van der Waals surface area contributed by atoms with Crippen molar-refractivity contribution in [1.29, 1.82) is 0 Å². The standard InChI is InChI=1S/C19H15ClO5/c1-11-10-16(19(23)24-11)25-18(22)15-5-3-2-4-14(15)17(21)12-6-8-13(20)9-7-12/h2-9,11,16H,10H2,1H3/t11-,16+/m0/s1. The highest BCUT2D eigenvalue weighted by molar-refractivity contribution is 6.30. The molecule has 6 heteroatoms. The van der Waals surface area contributed by atoms with Gasteiger partial charge in [-0.1, -0.05) is 29.8 Å². The molecule has 2 aromatic carbocycles. The van der Waals surface area contributed by atoms with Gasteiger partial charge in [-0.3, -0.25) is 4.79 Å². The lowest BCUT2D eigenvalue weighted by Crippen LogP contribution is -2.24. The number of cyclic esters (lactones) is 1. The summed E-state index contributed by atoms with van der Waals surface area (Å²) < 4.78 is 10.2. The van der Waals surface area contributed by atoms with Gasteiger partial charge in [-0.15, -0.1) is 0 Å². The Morgan fingerprint density at radius 3 is 2.32 bits per heavy atom. The van der Waals surface area contributed by atoms with Crippen molar-refractivity contribution in [2.75, 3.05) is 0 Å². The Morgan fingerprint density at radius 1 is 1.08 bits per heavy atom. The van der Waals surface area contributed by atoms with Gasteiger partial charge in [0.2, 0.25) is 6.10 Å². The Morgan fingerprint density at radius 2 is 1.72 bits per heavy atom. The fourth-order valence-electron chi connectivity index (χ4n) is 2.62. The summed E-state index contributed by atoms with van der Waals surface area (Å²) in [5, 5.41) is 0.512. The van der Waals surface area contributed by atoms with E-state index in [1.807, 2.05) is 0 Å². The number of carbonyl (C=O) groups is 3. The number of ether oxygens (including phenoxy) is 2. The first kappa shape index (κ1) is 17.2. The molecule has 0 unspecified atom stereocenters. The first-order valence-electron chi connectivity index (χ1n) is 7.76. The van der Waals surface area contributed by atoms with Crippen LogP contribution in [0.5, 0.6) is 0 Å². The van der Waals surface area contributed by atoms with Gasteiger partial charge in [0.1, 0.15) is 6.10 Å². The van der Waals surface area contributed by atoms with Crippen molar-refractivity contribution in [2.45, 2.75) is 25.6 Å². The predicted molar refractivity (Wildman–Crippen MR) is 90.7 cm³/mol. The molecule has 1 aliphatic rings. The minimum absolute atomic E-state index is 0.106. The van der Waals surface area contributed by atoms with Crippen LogP contribution in [0.25, 0.3) is 0 Å². The third-order valence-electron chi connectivity index (χ3n) is 3.87. The Kier molecular flexibility index (Phi) is 4.86. The summed E-state index contributed by atoms with van der Waals surface area (Å²) in [6.07, 6.45) is -0.935. The van der Waals surface area contributed by atoms with Crippen LogP contribution < -0.4 is 0 Å². The zero-order valence-corrected chi connectivity index (χ0v) is 14.2. The molecule has 0 N–H and O–H groups in total. The number of rotatable bonds is 4. The van der Waals surface area contributed by atoms with Crippen LogP contribution in [0.3, 0.4) is 0 Å². The van der Waals surface area contributed by atoms with E-state index in [4.69, 9.17) is 21.1 Å². The summed E-state index contributed by atoms with van der Waals surface area (Å²) in [6, 6.07) is 12.7. The van der Waals surface area contributed by atoms with E-state index in [1.165, 1.54) is 6.07 Å². The molecular weight excluding hydrogens is 344 g/mol. The Balaban J connectivity index is 1.85. The van der Waals surface area contributed by atoms with E-state index in [-0.39, 0.29) is 23.0 Å². The van der Waals surface area contributed by atoms with Gasteiger partial charge in [-0.25, -0.2) is 9.59 Å². The van der Waals surface area contributed by atoms with Crippen molar-refractivity contribution in [3.8, 4) is 0 Å². The summed E-state index contributed by atoms with van der Waals surface area (Å²) >= 11 is 5.84. The van der Waals surface area contributed by atoms with Gasteiger partial charge in [-0.05, 0) is 37.3 Å². The second-order valence-corrected chi connectivity index (χ2v) is 6.20. The number of hydrogen-bond donors (Lipinski definition) is 0. The molecule has 1 saturated heterocycles.